The summed E-state index contributed by atoms with van der Waals surface area (Å²) >= 11 is 1.32. The van der Waals surface area contributed by atoms with Crippen molar-refractivity contribution >= 4 is 29.3 Å². The zero-order valence-corrected chi connectivity index (χ0v) is 17.2. The quantitative estimate of drug-likeness (QED) is 0.558. The molecule has 0 spiro atoms. The number of nitrogens with one attached hydrogen (secondary N) is 2. The second-order valence-corrected chi connectivity index (χ2v) is 7.29. The summed E-state index contributed by atoms with van der Waals surface area (Å²) in [6.07, 6.45) is 0. The molecule has 0 aliphatic carbocycles. The minimum Gasteiger partial charge on any atom is -0.345 e. The third kappa shape index (κ3) is 5.45. The molecule has 2 aromatic carbocycles. The predicted octanol–water partition coefficient (Wildman–Crippen LogP) is 3.27. The molecule has 3 rings (SSSR count). The van der Waals surface area contributed by atoms with Crippen LogP contribution in [0.3, 0.4) is 0 Å². The zero-order valence-electron chi connectivity index (χ0n) is 16.4. The molecular weight excluding hydrogens is 386 g/mol. The van der Waals surface area contributed by atoms with Gasteiger partial charge in [-0.2, -0.15) is 0 Å². The van der Waals surface area contributed by atoms with Gasteiger partial charge in [-0.1, -0.05) is 48.2 Å². The molecule has 0 aliphatic rings. The Balaban J connectivity index is 1.57. The Labute approximate surface area is 173 Å². The number of carbonyl (C=O) groups excluding carboxylic acids is 2. The van der Waals surface area contributed by atoms with E-state index in [2.05, 4.69) is 20.8 Å². The van der Waals surface area contributed by atoms with E-state index in [1.54, 1.807) is 12.1 Å². The number of nitrogens with zero attached hydrogens (tertiary/aromatic N) is 3. The molecule has 150 valence electrons. The van der Waals surface area contributed by atoms with Crippen molar-refractivity contribution in [1.82, 2.24) is 20.1 Å². The van der Waals surface area contributed by atoms with Crippen LogP contribution < -0.4 is 10.6 Å². The van der Waals surface area contributed by atoms with E-state index in [9.17, 15) is 9.59 Å². The third-order valence-electron chi connectivity index (χ3n) is 4.30. The van der Waals surface area contributed by atoms with Crippen molar-refractivity contribution in [2.24, 2.45) is 0 Å². The van der Waals surface area contributed by atoms with Gasteiger partial charge in [-0.3, -0.25) is 9.59 Å². The third-order valence-corrected chi connectivity index (χ3v) is 5.27. The van der Waals surface area contributed by atoms with Gasteiger partial charge < -0.3 is 15.2 Å². The number of aromatic nitrogens is 3. The van der Waals surface area contributed by atoms with Crippen LogP contribution >= 0.6 is 11.8 Å². The summed E-state index contributed by atoms with van der Waals surface area (Å²) in [7, 11) is 0. The van der Waals surface area contributed by atoms with Crippen molar-refractivity contribution in [1.29, 1.82) is 0 Å². The van der Waals surface area contributed by atoms with Gasteiger partial charge >= 0.3 is 0 Å². The molecule has 1 heterocycles. The van der Waals surface area contributed by atoms with Gasteiger partial charge in [0.1, 0.15) is 0 Å². The van der Waals surface area contributed by atoms with Crippen LogP contribution in [0.1, 0.15) is 28.7 Å². The average Bonchev–Trinajstić information content (AvgIpc) is 3.14. The summed E-state index contributed by atoms with van der Waals surface area (Å²) in [6, 6.07) is 16.7. The number of anilines is 1. The molecule has 0 atom stereocenters. The van der Waals surface area contributed by atoms with Gasteiger partial charge in [-0.05, 0) is 37.6 Å². The van der Waals surface area contributed by atoms with E-state index in [1.165, 1.54) is 11.8 Å². The lowest BCUT2D eigenvalue weighted by molar-refractivity contribution is -0.113. The van der Waals surface area contributed by atoms with Crippen LogP contribution in [0.4, 0.5) is 5.69 Å². The molecule has 2 N–H and O–H groups in total. The maximum absolute atomic E-state index is 12.3. The van der Waals surface area contributed by atoms with Gasteiger partial charge in [-0.15, -0.1) is 10.2 Å². The minimum atomic E-state index is -0.164. The highest BCUT2D eigenvalue weighted by Crippen LogP contribution is 2.19. The largest absolute Gasteiger partial charge is 0.345 e. The average molecular weight is 410 g/mol. The fraction of sp³-hybridized carbons (Fsp3) is 0.238. The lowest BCUT2D eigenvalue weighted by Gasteiger charge is -2.09. The summed E-state index contributed by atoms with van der Waals surface area (Å²) < 4.78 is 1.90. The highest BCUT2D eigenvalue weighted by molar-refractivity contribution is 7.99. The monoisotopic (exact) mass is 409 g/mol. The van der Waals surface area contributed by atoms with Crippen LogP contribution in [0.5, 0.6) is 0 Å². The molecule has 1 aromatic heterocycles. The van der Waals surface area contributed by atoms with Crippen molar-refractivity contribution in [3.8, 4) is 0 Å². The lowest BCUT2D eigenvalue weighted by atomic mass is 10.2. The van der Waals surface area contributed by atoms with Crippen molar-refractivity contribution in [3.63, 3.8) is 0 Å². The smallest absolute Gasteiger partial charge is 0.251 e. The van der Waals surface area contributed by atoms with E-state index in [0.717, 1.165) is 11.3 Å². The fourth-order valence-corrected chi connectivity index (χ4v) is 3.58. The standard InChI is InChI=1S/C21H23N5O2S/c1-3-26-18(13-22-20(28)16-10-5-4-6-11-16)24-25-21(26)29-14-19(27)23-17-12-8-7-9-15(17)2/h4-12H,3,13-14H2,1-2H3,(H,22,28)(H,23,27). The van der Waals surface area contributed by atoms with Crippen LogP contribution in [-0.4, -0.2) is 32.3 Å². The molecule has 29 heavy (non-hydrogen) atoms. The molecule has 0 unspecified atom stereocenters. The number of hydrogen-bond acceptors (Lipinski definition) is 5. The normalized spacial score (nSPS) is 10.6. The van der Waals surface area contributed by atoms with Gasteiger partial charge in [0.25, 0.3) is 5.91 Å². The highest BCUT2D eigenvalue weighted by Gasteiger charge is 2.14. The lowest BCUT2D eigenvalue weighted by Crippen LogP contribution is -2.24. The van der Waals surface area contributed by atoms with Gasteiger partial charge in [0.15, 0.2) is 11.0 Å². The van der Waals surface area contributed by atoms with Crippen LogP contribution in [0.15, 0.2) is 59.8 Å². The maximum Gasteiger partial charge on any atom is 0.251 e. The molecule has 0 bridgehead atoms. The van der Waals surface area contributed by atoms with E-state index in [-0.39, 0.29) is 24.1 Å². The Kier molecular flexibility index (Phi) is 7.02. The van der Waals surface area contributed by atoms with Crippen LogP contribution in [0.25, 0.3) is 0 Å². The van der Waals surface area contributed by atoms with E-state index in [4.69, 9.17) is 0 Å². The second-order valence-electron chi connectivity index (χ2n) is 6.34. The molecule has 3 aromatic rings. The first kappa shape index (κ1) is 20.6. The van der Waals surface area contributed by atoms with E-state index < -0.39 is 0 Å². The van der Waals surface area contributed by atoms with Gasteiger partial charge in [0.2, 0.25) is 5.91 Å². The van der Waals surface area contributed by atoms with E-state index in [0.29, 0.717) is 23.1 Å². The van der Waals surface area contributed by atoms with Gasteiger partial charge in [0, 0.05) is 17.8 Å². The fourth-order valence-electron chi connectivity index (χ4n) is 2.75. The van der Waals surface area contributed by atoms with Crippen LogP contribution in [-0.2, 0) is 17.9 Å². The van der Waals surface area contributed by atoms with Crippen molar-refractivity contribution in [2.45, 2.75) is 32.1 Å². The number of hydrogen-bond donors (Lipinski definition) is 2. The summed E-state index contributed by atoms with van der Waals surface area (Å²) in [5.41, 5.74) is 2.41. The number of para-hydroxylation sites is 1. The first-order chi connectivity index (χ1) is 14.1. The Bertz CT molecular complexity index is 988. The van der Waals surface area contributed by atoms with E-state index in [1.807, 2.05) is 60.9 Å². The molecule has 7 nitrogen and oxygen atoms in total. The first-order valence-electron chi connectivity index (χ1n) is 9.32. The second kappa shape index (κ2) is 9.88. The summed E-state index contributed by atoms with van der Waals surface area (Å²) in [5.74, 6) is 0.610. The number of amides is 2. The summed E-state index contributed by atoms with van der Waals surface area (Å²) in [6.45, 7) is 4.84. The minimum absolute atomic E-state index is 0.103. The SMILES string of the molecule is CCn1c(CNC(=O)c2ccccc2)nnc1SCC(=O)Nc1ccccc1C. The van der Waals surface area contributed by atoms with Gasteiger partial charge in [-0.25, -0.2) is 0 Å². The Morgan fingerprint density at radius 3 is 2.48 bits per heavy atom. The highest BCUT2D eigenvalue weighted by atomic mass is 32.2. The Morgan fingerprint density at radius 1 is 1.03 bits per heavy atom. The van der Waals surface area contributed by atoms with Crippen molar-refractivity contribution in [2.75, 3.05) is 11.1 Å². The number of carbonyl (C=O) groups is 2. The first-order valence-corrected chi connectivity index (χ1v) is 10.3. The molecule has 0 saturated heterocycles. The topological polar surface area (TPSA) is 88.9 Å². The zero-order chi connectivity index (χ0) is 20.6. The number of benzene rings is 2. The van der Waals surface area contributed by atoms with E-state index >= 15 is 0 Å². The Hall–Kier alpha value is -3.13. The molecule has 0 radical (unpaired) electrons. The molecular formula is C21H23N5O2S. The summed E-state index contributed by atoms with van der Waals surface area (Å²) in [4.78, 5) is 24.5. The van der Waals surface area contributed by atoms with Crippen molar-refractivity contribution in [3.05, 3.63) is 71.5 Å². The molecule has 0 saturated carbocycles. The van der Waals surface area contributed by atoms with Crippen LogP contribution in [0, 0.1) is 6.92 Å². The number of rotatable bonds is 8. The number of aryl methyl sites for hydroxylation is 1. The van der Waals surface area contributed by atoms with Crippen molar-refractivity contribution < 1.29 is 9.59 Å². The molecule has 8 heteroatoms. The summed E-state index contributed by atoms with van der Waals surface area (Å²) in [5, 5.41) is 14.8. The Morgan fingerprint density at radius 2 is 1.76 bits per heavy atom. The van der Waals surface area contributed by atoms with Crippen LogP contribution in [0.2, 0.25) is 0 Å². The maximum atomic E-state index is 12.3. The number of thioether (sulfide) groups is 1. The predicted molar refractivity (Wildman–Crippen MR) is 114 cm³/mol. The molecule has 2 amide bonds. The molecule has 0 aliphatic heterocycles. The molecule has 0 fully saturated rings. The van der Waals surface area contributed by atoms with Gasteiger partial charge in [0.05, 0.1) is 12.3 Å².